The van der Waals surface area contributed by atoms with Gasteiger partial charge in [0.2, 0.25) is 5.91 Å². The Hall–Kier alpha value is -1.92. The van der Waals surface area contributed by atoms with E-state index in [0.29, 0.717) is 19.3 Å². The smallest absolute Gasteiger partial charge is 0.306 e. The molecule has 0 aliphatic heterocycles. The first kappa shape index (κ1) is 59.1. The van der Waals surface area contributed by atoms with Crippen LogP contribution < -0.4 is 5.32 Å². The van der Waals surface area contributed by atoms with Crippen LogP contribution in [0.15, 0.2) is 36.5 Å². The fourth-order valence-electron chi connectivity index (χ4n) is 8.26. The standard InChI is InChI=1S/C55H103NO5/c1-4-7-10-13-16-19-22-24-26-27-29-30-32-35-38-41-44-47-53(58)52(50-57)56-54(59)49-51(46-43-40-37-34-21-18-15-12-9-6-3)61-55(60)48-45-42-39-36-33-31-28-25-23-20-17-14-11-8-5-2/h8,11,14,17,20,23,51-53,57-58H,4-7,9-10,12-13,15-16,18-19,21-22,24-50H2,1-3H3,(H,56,59)/b11-8+,17-14+,23-20+. The highest BCUT2D eigenvalue weighted by atomic mass is 16.5. The van der Waals surface area contributed by atoms with Crippen LogP contribution in [0.4, 0.5) is 0 Å². The Morgan fingerprint density at radius 3 is 1.33 bits per heavy atom. The van der Waals surface area contributed by atoms with Gasteiger partial charge in [-0.2, -0.15) is 0 Å². The van der Waals surface area contributed by atoms with Crippen LogP contribution in [0.25, 0.3) is 0 Å². The van der Waals surface area contributed by atoms with Gasteiger partial charge in [-0.25, -0.2) is 0 Å². The first-order valence-corrected chi connectivity index (χ1v) is 26.7. The van der Waals surface area contributed by atoms with Gasteiger partial charge in [-0.15, -0.1) is 0 Å². The number of rotatable bonds is 48. The topological polar surface area (TPSA) is 95.9 Å². The summed E-state index contributed by atoms with van der Waals surface area (Å²) < 4.78 is 5.93. The predicted octanol–water partition coefficient (Wildman–Crippen LogP) is 16.1. The number of hydrogen-bond donors (Lipinski definition) is 3. The summed E-state index contributed by atoms with van der Waals surface area (Å²) in [4.78, 5) is 26.1. The Bertz CT molecular complexity index is 1010. The number of amides is 1. The minimum Gasteiger partial charge on any atom is -0.462 e. The van der Waals surface area contributed by atoms with Crippen LogP contribution in [-0.4, -0.2) is 46.9 Å². The molecule has 0 fully saturated rings. The third kappa shape index (κ3) is 44.5. The van der Waals surface area contributed by atoms with E-state index in [2.05, 4.69) is 62.5 Å². The zero-order chi connectivity index (χ0) is 44.5. The van der Waals surface area contributed by atoms with E-state index in [-0.39, 0.29) is 24.9 Å². The highest BCUT2D eigenvalue weighted by Crippen LogP contribution is 2.18. The number of hydrogen-bond acceptors (Lipinski definition) is 5. The fraction of sp³-hybridized carbons (Fsp3) is 0.855. The van der Waals surface area contributed by atoms with Crippen LogP contribution in [0.2, 0.25) is 0 Å². The second kappa shape index (κ2) is 49.1. The third-order valence-corrected chi connectivity index (χ3v) is 12.3. The van der Waals surface area contributed by atoms with Crippen molar-refractivity contribution in [3.8, 4) is 0 Å². The van der Waals surface area contributed by atoms with Gasteiger partial charge >= 0.3 is 5.97 Å². The third-order valence-electron chi connectivity index (χ3n) is 12.3. The first-order chi connectivity index (χ1) is 30.0. The number of aliphatic hydroxyl groups excluding tert-OH is 2. The van der Waals surface area contributed by atoms with E-state index in [4.69, 9.17) is 4.74 Å². The summed E-state index contributed by atoms with van der Waals surface area (Å²) in [5, 5.41) is 23.8. The van der Waals surface area contributed by atoms with Crippen molar-refractivity contribution in [2.24, 2.45) is 0 Å². The number of nitrogens with one attached hydrogen (secondary N) is 1. The molecule has 0 saturated heterocycles. The molecule has 0 aromatic rings. The lowest BCUT2D eigenvalue weighted by Crippen LogP contribution is -2.46. The van der Waals surface area contributed by atoms with Crippen molar-refractivity contribution >= 4 is 11.9 Å². The number of carbonyl (C=O) groups excluding carboxylic acids is 2. The number of ether oxygens (including phenoxy) is 1. The molecule has 0 aromatic carbocycles. The van der Waals surface area contributed by atoms with Crippen molar-refractivity contribution < 1.29 is 24.5 Å². The summed E-state index contributed by atoms with van der Waals surface area (Å²) in [6.45, 7) is 6.37. The molecule has 6 nitrogen and oxygen atoms in total. The molecule has 6 heteroatoms. The molecule has 0 heterocycles. The molecule has 0 aliphatic rings. The van der Waals surface area contributed by atoms with Crippen LogP contribution in [0.3, 0.4) is 0 Å². The van der Waals surface area contributed by atoms with E-state index in [1.807, 2.05) is 0 Å². The van der Waals surface area contributed by atoms with Gasteiger partial charge in [-0.05, 0) is 44.9 Å². The highest BCUT2D eigenvalue weighted by Gasteiger charge is 2.24. The van der Waals surface area contributed by atoms with Crippen LogP contribution in [0.5, 0.6) is 0 Å². The summed E-state index contributed by atoms with van der Waals surface area (Å²) in [5.41, 5.74) is 0. The van der Waals surface area contributed by atoms with Crippen molar-refractivity contribution in [2.45, 2.75) is 296 Å². The van der Waals surface area contributed by atoms with E-state index < -0.39 is 18.2 Å². The van der Waals surface area contributed by atoms with Crippen LogP contribution in [-0.2, 0) is 14.3 Å². The molecule has 0 radical (unpaired) electrons. The summed E-state index contributed by atoms with van der Waals surface area (Å²) in [7, 11) is 0. The quantitative estimate of drug-likeness (QED) is 0.0322. The normalized spacial score (nSPS) is 13.5. The van der Waals surface area contributed by atoms with Gasteiger partial charge in [0.1, 0.15) is 6.10 Å². The Balaban J connectivity index is 4.44. The van der Waals surface area contributed by atoms with E-state index in [9.17, 15) is 19.8 Å². The molecule has 0 aromatic heterocycles. The molecule has 0 saturated carbocycles. The fourth-order valence-corrected chi connectivity index (χ4v) is 8.26. The first-order valence-electron chi connectivity index (χ1n) is 26.7. The Morgan fingerprint density at radius 2 is 0.885 bits per heavy atom. The molecule has 0 rings (SSSR count). The second-order valence-electron chi connectivity index (χ2n) is 18.3. The van der Waals surface area contributed by atoms with Crippen molar-refractivity contribution in [3.05, 3.63) is 36.5 Å². The Labute approximate surface area is 379 Å². The lowest BCUT2D eigenvalue weighted by molar-refractivity contribution is -0.151. The summed E-state index contributed by atoms with van der Waals surface area (Å²) in [5.74, 6) is -0.477. The molecule has 0 spiro atoms. The maximum absolute atomic E-state index is 13.2. The van der Waals surface area contributed by atoms with Crippen molar-refractivity contribution in [1.29, 1.82) is 0 Å². The highest BCUT2D eigenvalue weighted by molar-refractivity contribution is 5.77. The predicted molar refractivity (Wildman–Crippen MR) is 264 cm³/mol. The van der Waals surface area contributed by atoms with E-state index >= 15 is 0 Å². The maximum Gasteiger partial charge on any atom is 0.306 e. The van der Waals surface area contributed by atoms with Crippen LogP contribution >= 0.6 is 0 Å². The SMILES string of the molecule is CC/C=C/C=C/C=C/CCCCCCCCCC(=O)OC(CCCCCCCCCCCC)CC(=O)NC(CO)C(O)CCCCCCCCCCCCCCCCCCC. The van der Waals surface area contributed by atoms with Crippen molar-refractivity contribution in [3.63, 3.8) is 0 Å². The molecular formula is C55H103NO5. The maximum atomic E-state index is 13.2. The minimum absolute atomic E-state index is 0.0763. The van der Waals surface area contributed by atoms with Gasteiger partial charge in [0, 0.05) is 6.42 Å². The Morgan fingerprint density at radius 1 is 0.492 bits per heavy atom. The Kier molecular flexibility index (Phi) is 47.6. The number of carbonyl (C=O) groups is 2. The van der Waals surface area contributed by atoms with Gasteiger partial charge in [0.25, 0.3) is 0 Å². The van der Waals surface area contributed by atoms with Crippen LogP contribution in [0, 0.1) is 0 Å². The lowest BCUT2D eigenvalue weighted by atomic mass is 10.0. The largest absolute Gasteiger partial charge is 0.462 e. The van der Waals surface area contributed by atoms with Gasteiger partial charge in [0.15, 0.2) is 0 Å². The molecule has 3 atom stereocenters. The number of allylic oxidation sites excluding steroid dienone is 6. The van der Waals surface area contributed by atoms with Gasteiger partial charge in [-0.1, -0.05) is 256 Å². The zero-order valence-corrected chi connectivity index (χ0v) is 40.8. The number of esters is 1. The van der Waals surface area contributed by atoms with Crippen LogP contribution in [0.1, 0.15) is 278 Å². The minimum atomic E-state index is -0.787. The second-order valence-corrected chi connectivity index (χ2v) is 18.3. The monoisotopic (exact) mass is 858 g/mol. The average molecular weight is 858 g/mol. The van der Waals surface area contributed by atoms with Crippen molar-refractivity contribution in [2.75, 3.05) is 6.61 Å². The molecule has 0 bridgehead atoms. The number of unbranched alkanes of at least 4 members (excludes halogenated alkanes) is 32. The molecule has 358 valence electrons. The molecule has 3 unspecified atom stereocenters. The van der Waals surface area contributed by atoms with E-state index in [1.54, 1.807) is 0 Å². The van der Waals surface area contributed by atoms with Crippen molar-refractivity contribution in [1.82, 2.24) is 5.32 Å². The molecule has 3 N–H and O–H groups in total. The van der Waals surface area contributed by atoms with Gasteiger partial charge < -0.3 is 20.3 Å². The molecular weight excluding hydrogens is 755 g/mol. The summed E-state index contributed by atoms with van der Waals surface area (Å²) >= 11 is 0. The zero-order valence-electron chi connectivity index (χ0n) is 40.8. The van der Waals surface area contributed by atoms with Gasteiger partial charge in [-0.3, -0.25) is 9.59 Å². The van der Waals surface area contributed by atoms with E-state index in [1.165, 1.54) is 173 Å². The summed E-state index contributed by atoms with van der Waals surface area (Å²) in [6.07, 6.45) is 57.8. The number of aliphatic hydroxyl groups is 2. The molecule has 1 amide bonds. The molecule has 61 heavy (non-hydrogen) atoms. The summed E-state index contributed by atoms with van der Waals surface area (Å²) in [6, 6.07) is -0.700. The van der Waals surface area contributed by atoms with Gasteiger partial charge in [0.05, 0.1) is 25.2 Å². The average Bonchev–Trinajstić information content (AvgIpc) is 3.25. The van der Waals surface area contributed by atoms with E-state index in [0.717, 1.165) is 57.8 Å². The molecule has 0 aliphatic carbocycles. The lowest BCUT2D eigenvalue weighted by Gasteiger charge is -2.24.